The van der Waals surface area contributed by atoms with Gasteiger partial charge in [0.15, 0.2) is 6.61 Å². The van der Waals surface area contributed by atoms with Gasteiger partial charge in [0.2, 0.25) is 0 Å². The maximum Gasteiger partial charge on any atom is 0.407 e. The largest absolute Gasteiger partial charge is 0.456 e. The number of carbonyl (C=O) groups excluding carboxylic acids is 3. The number of alkyl carbamates (subject to hydrolysis) is 1. The van der Waals surface area contributed by atoms with Crippen molar-refractivity contribution in [3.8, 4) is 0 Å². The second-order valence-corrected chi connectivity index (χ2v) is 8.22. The Bertz CT molecular complexity index is 677. The van der Waals surface area contributed by atoms with Crippen molar-refractivity contribution in [1.29, 1.82) is 0 Å². The quantitative estimate of drug-likeness (QED) is 0.612. The van der Waals surface area contributed by atoms with E-state index < -0.39 is 17.7 Å². The van der Waals surface area contributed by atoms with Crippen molar-refractivity contribution in [3.05, 3.63) is 35.4 Å². The Balaban J connectivity index is 2.41. The van der Waals surface area contributed by atoms with Gasteiger partial charge in [-0.2, -0.15) is 0 Å². The molecule has 1 aromatic rings. The molecule has 0 fully saturated rings. The molecule has 7 nitrogen and oxygen atoms in total. The highest BCUT2D eigenvalue weighted by molar-refractivity contribution is 5.81. The summed E-state index contributed by atoms with van der Waals surface area (Å²) in [6, 6.07) is 7.96. The van der Waals surface area contributed by atoms with E-state index >= 15 is 0 Å². The lowest BCUT2D eigenvalue weighted by atomic mass is 9.95. The second kappa shape index (κ2) is 11.4. The first-order valence-electron chi connectivity index (χ1n) is 10.0. The minimum atomic E-state index is -0.605. The molecule has 1 aromatic carbocycles. The fraction of sp³-hybridized carbons (Fsp3) is 0.591. The van der Waals surface area contributed by atoms with E-state index in [4.69, 9.17) is 9.47 Å². The average molecular weight is 407 g/mol. The summed E-state index contributed by atoms with van der Waals surface area (Å²) in [5.41, 5.74) is 1.64. The first-order chi connectivity index (χ1) is 13.5. The molecule has 7 heteroatoms. The van der Waals surface area contributed by atoms with Crippen LogP contribution in [0.1, 0.15) is 65.1 Å². The molecule has 0 saturated carbocycles. The third-order valence-electron chi connectivity index (χ3n) is 4.09. The molecule has 0 unspecified atom stereocenters. The second-order valence-electron chi connectivity index (χ2n) is 8.22. The van der Waals surface area contributed by atoms with Gasteiger partial charge in [-0.1, -0.05) is 45.0 Å². The number of ether oxygens (including phenoxy) is 2. The Morgan fingerprint density at radius 3 is 2.21 bits per heavy atom. The number of amides is 2. The molecule has 0 spiro atoms. The van der Waals surface area contributed by atoms with Crippen molar-refractivity contribution in [1.82, 2.24) is 10.6 Å². The average Bonchev–Trinajstić information content (AvgIpc) is 2.63. The highest BCUT2D eigenvalue weighted by atomic mass is 16.6. The molecule has 2 amide bonds. The van der Waals surface area contributed by atoms with Crippen LogP contribution in [0.15, 0.2) is 24.3 Å². The van der Waals surface area contributed by atoms with Crippen LogP contribution in [0.4, 0.5) is 4.79 Å². The molecule has 0 aromatic heterocycles. The van der Waals surface area contributed by atoms with Crippen molar-refractivity contribution in [3.63, 3.8) is 0 Å². The van der Waals surface area contributed by atoms with Crippen LogP contribution in [0.2, 0.25) is 0 Å². The molecule has 0 heterocycles. The predicted molar refractivity (Wildman–Crippen MR) is 111 cm³/mol. The van der Waals surface area contributed by atoms with Gasteiger partial charge < -0.3 is 20.1 Å². The molecule has 0 radical (unpaired) electrons. The van der Waals surface area contributed by atoms with Gasteiger partial charge in [0, 0.05) is 6.54 Å². The lowest BCUT2D eigenvalue weighted by molar-refractivity contribution is -0.148. The van der Waals surface area contributed by atoms with Crippen LogP contribution in [0, 0.1) is 5.92 Å². The lowest BCUT2D eigenvalue weighted by Gasteiger charge is -2.23. The monoisotopic (exact) mass is 406 g/mol. The maximum absolute atomic E-state index is 12.2. The fourth-order valence-corrected chi connectivity index (χ4v) is 2.61. The van der Waals surface area contributed by atoms with Gasteiger partial charge in [0.05, 0.1) is 12.5 Å². The van der Waals surface area contributed by atoms with E-state index in [1.54, 1.807) is 20.8 Å². The summed E-state index contributed by atoms with van der Waals surface area (Å²) >= 11 is 0. The van der Waals surface area contributed by atoms with Crippen LogP contribution >= 0.6 is 0 Å². The molecule has 1 rings (SSSR count). The minimum Gasteiger partial charge on any atom is -0.456 e. The van der Waals surface area contributed by atoms with Crippen molar-refractivity contribution in [2.75, 3.05) is 13.2 Å². The number of hydrogen-bond acceptors (Lipinski definition) is 5. The van der Waals surface area contributed by atoms with Gasteiger partial charge in [-0.15, -0.1) is 0 Å². The highest BCUT2D eigenvalue weighted by Crippen LogP contribution is 2.22. The lowest BCUT2D eigenvalue weighted by Crippen LogP contribution is -2.36. The van der Waals surface area contributed by atoms with Crippen molar-refractivity contribution < 1.29 is 23.9 Å². The Kier molecular flexibility index (Phi) is 9.65. The number of rotatable bonds is 9. The maximum atomic E-state index is 12.2. The molecule has 162 valence electrons. The highest BCUT2D eigenvalue weighted by Gasteiger charge is 2.19. The van der Waals surface area contributed by atoms with Gasteiger partial charge in [-0.25, -0.2) is 4.79 Å². The summed E-state index contributed by atoms with van der Waals surface area (Å²) < 4.78 is 10.1. The van der Waals surface area contributed by atoms with E-state index in [0.717, 1.165) is 12.0 Å². The molecule has 2 N–H and O–H groups in total. The normalized spacial score (nSPS) is 12.2. The van der Waals surface area contributed by atoms with Crippen molar-refractivity contribution >= 4 is 18.0 Å². The summed E-state index contributed by atoms with van der Waals surface area (Å²) in [7, 11) is 0. The van der Waals surface area contributed by atoms with E-state index in [1.165, 1.54) is 5.56 Å². The summed E-state index contributed by atoms with van der Waals surface area (Å²) in [5, 5.41) is 5.39. The Labute approximate surface area is 173 Å². The van der Waals surface area contributed by atoms with Crippen molar-refractivity contribution in [2.24, 2.45) is 5.92 Å². The van der Waals surface area contributed by atoms with E-state index in [1.807, 2.05) is 26.0 Å². The standard InChI is InChI=1S/C22H34N2O5/c1-7-16-8-10-17(11-9-16)20(15(2)3)24-18(25)14-28-19(26)12-13-23-21(27)29-22(4,5)6/h8-11,15,20H,7,12-14H2,1-6H3,(H,23,27)(H,24,25)/t20-/m1/s1. The third kappa shape index (κ3) is 9.96. The number of benzene rings is 1. The molecule has 0 aliphatic carbocycles. The third-order valence-corrected chi connectivity index (χ3v) is 4.09. The van der Waals surface area contributed by atoms with E-state index in [-0.39, 0.29) is 37.4 Å². The molecular formula is C22H34N2O5. The van der Waals surface area contributed by atoms with Crippen LogP contribution in [-0.2, 0) is 25.5 Å². The fourth-order valence-electron chi connectivity index (χ4n) is 2.61. The van der Waals surface area contributed by atoms with E-state index in [9.17, 15) is 14.4 Å². The summed E-state index contributed by atoms with van der Waals surface area (Å²) in [5.74, 6) is -0.749. The Hall–Kier alpha value is -2.57. The number of aryl methyl sites for hydroxylation is 1. The Morgan fingerprint density at radius 1 is 1.07 bits per heavy atom. The van der Waals surface area contributed by atoms with E-state index in [2.05, 4.69) is 29.7 Å². The van der Waals surface area contributed by atoms with Crippen LogP contribution in [0.5, 0.6) is 0 Å². The van der Waals surface area contributed by atoms with Crippen LogP contribution < -0.4 is 10.6 Å². The summed E-state index contributed by atoms with van der Waals surface area (Å²) in [6.07, 6.45) is 0.313. The predicted octanol–water partition coefficient (Wildman–Crippen LogP) is 3.52. The topological polar surface area (TPSA) is 93.7 Å². The number of nitrogens with one attached hydrogen (secondary N) is 2. The van der Waals surface area contributed by atoms with E-state index in [0.29, 0.717) is 0 Å². The molecule has 29 heavy (non-hydrogen) atoms. The number of esters is 1. The summed E-state index contributed by atoms with van der Waals surface area (Å²) in [6.45, 7) is 11.1. The molecule has 0 saturated heterocycles. The minimum absolute atomic E-state index is 0.0430. The molecule has 0 aliphatic heterocycles. The zero-order valence-electron chi connectivity index (χ0n) is 18.3. The first-order valence-corrected chi connectivity index (χ1v) is 10.0. The SMILES string of the molecule is CCc1ccc([C@H](NC(=O)COC(=O)CCNC(=O)OC(C)(C)C)C(C)C)cc1. The number of hydrogen-bond donors (Lipinski definition) is 2. The molecule has 0 aliphatic rings. The van der Waals surface area contributed by atoms with Gasteiger partial charge in [-0.05, 0) is 44.2 Å². The number of carbonyl (C=O) groups is 3. The zero-order valence-corrected chi connectivity index (χ0v) is 18.3. The molecule has 1 atom stereocenters. The summed E-state index contributed by atoms with van der Waals surface area (Å²) in [4.78, 5) is 35.5. The van der Waals surface area contributed by atoms with Crippen molar-refractivity contribution in [2.45, 2.75) is 66.0 Å². The van der Waals surface area contributed by atoms with Gasteiger partial charge >= 0.3 is 12.1 Å². The first kappa shape index (κ1) is 24.5. The van der Waals surface area contributed by atoms with Crippen LogP contribution in [-0.4, -0.2) is 36.7 Å². The molecular weight excluding hydrogens is 372 g/mol. The van der Waals surface area contributed by atoms with Crippen LogP contribution in [0.25, 0.3) is 0 Å². The smallest absolute Gasteiger partial charge is 0.407 e. The Morgan fingerprint density at radius 2 is 1.69 bits per heavy atom. The van der Waals surface area contributed by atoms with Gasteiger partial charge in [-0.3, -0.25) is 9.59 Å². The van der Waals surface area contributed by atoms with Gasteiger partial charge in [0.1, 0.15) is 5.60 Å². The zero-order chi connectivity index (χ0) is 22.0. The molecule has 0 bridgehead atoms. The van der Waals surface area contributed by atoms with Crippen LogP contribution in [0.3, 0.4) is 0 Å². The van der Waals surface area contributed by atoms with Gasteiger partial charge in [0.25, 0.3) is 5.91 Å².